The van der Waals surface area contributed by atoms with Crippen molar-refractivity contribution in [3.8, 4) is 17.2 Å². The van der Waals surface area contributed by atoms with Crippen molar-refractivity contribution in [1.29, 1.82) is 0 Å². The van der Waals surface area contributed by atoms with Crippen LogP contribution in [0, 0.1) is 20.8 Å². The lowest BCUT2D eigenvalue weighted by atomic mass is 10.1. The number of methoxy groups -OCH3 is 1. The zero-order valence-corrected chi connectivity index (χ0v) is 37.2. The van der Waals surface area contributed by atoms with E-state index in [1.54, 1.807) is 93.8 Å². The van der Waals surface area contributed by atoms with Gasteiger partial charge in [-0.25, -0.2) is 0 Å². The van der Waals surface area contributed by atoms with Gasteiger partial charge in [0.05, 0.1) is 36.5 Å². The second kappa shape index (κ2) is 19.2. The van der Waals surface area contributed by atoms with Crippen LogP contribution in [-0.2, 0) is 20.2 Å². The number of phenolic OH excluding ortho intramolecular Hbond substituents is 1. The number of azo groups is 2. The van der Waals surface area contributed by atoms with Crippen LogP contribution < -0.4 is 20.1 Å². The third-order valence-electron chi connectivity index (χ3n) is 10.2. The van der Waals surface area contributed by atoms with Crippen LogP contribution in [0.1, 0.15) is 39.9 Å². The minimum atomic E-state index is -4.85. The first kappa shape index (κ1) is 45.8. The van der Waals surface area contributed by atoms with Crippen LogP contribution in [0.25, 0.3) is 21.5 Å². The molecule has 5 N–H and O–H groups in total. The largest absolute Gasteiger partial charge is 0.505 e. The number of phenols is 1. The molecule has 0 aliphatic carbocycles. The Hall–Kier alpha value is -7.25. The van der Waals surface area contributed by atoms with Crippen molar-refractivity contribution in [2.75, 3.05) is 30.1 Å². The highest BCUT2D eigenvalue weighted by Gasteiger charge is 2.22. The number of ether oxygens (including phenoxy) is 2. The van der Waals surface area contributed by atoms with Crippen molar-refractivity contribution in [3.63, 3.8) is 0 Å². The number of benzene rings is 7. The summed E-state index contributed by atoms with van der Waals surface area (Å²) in [6, 6.07) is 32.6. The Morgan fingerprint density at radius 3 is 1.98 bits per heavy atom. The summed E-state index contributed by atoms with van der Waals surface area (Å²) in [5.41, 5.74) is 5.51. The van der Waals surface area contributed by atoms with Gasteiger partial charge in [0.25, 0.3) is 26.1 Å². The lowest BCUT2D eigenvalue weighted by Gasteiger charge is -2.13. The average Bonchev–Trinajstić information content (AvgIpc) is 3.25. The number of anilines is 3. The normalized spacial score (nSPS) is 12.0. The summed E-state index contributed by atoms with van der Waals surface area (Å²) in [5, 5.41) is 36.8. The monoisotopic (exact) mass is 916 g/mol. The molecule has 0 bridgehead atoms. The van der Waals surface area contributed by atoms with Gasteiger partial charge in [0.15, 0.2) is 5.75 Å². The van der Waals surface area contributed by atoms with Crippen LogP contribution in [-0.4, -0.2) is 56.4 Å². The van der Waals surface area contributed by atoms with Crippen LogP contribution in [0.15, 0.2) is 141 Å². The van der Waals surface area contributed by atoms with Gasteiger partial charge in [-0.05, 0) is 164 Å². The fourth-order valence-electron chi connectivity index (χ4n) is 7.04. The number of carbonyl (C=O) groups is 1. The fourth-order valence-corrected chi connectivity index (χ4v) is 8.27. The van der Waals surface area contributed by atoms with Crippen LogP contribution in [0.2, 0.25) is 0 Å². The second-order valence-electron chi connectivity index (χ2n) is 15.2. The van der Waals surface area contributed by atoms with E-state index in [1.807, 2.05) is 43.3 Å². The maximum Gasteiger partial charge on any atom is 0.296 e. The maximum absolute atomic E-state index is 13.3. The zero-order valence-electron chi connectivity index (χ0n) is 35.6. The Balaban J connectivity index is 1.03. The van der Waals surface area contributed by atoms with E-state index >= 15 is 0 Å². The van der Waals surface area contributed by atoms with E-state index in [0.29, 0.717) is 68.4 Å². The van der Waals surface area contributed by atoms with E-state index < -0.39 is 36.6 Å². The van der Waals surface area contributed by atoms with Crippen molar-refractivity contribution in [3.05, 3.63) is 138 Å². The summed E-state index contributed by atoms with van der Waals surface area (Å²) in [5.74, 6) is 0.108. The topological polar surface area (TPSA) is 238 Å². The van der Waals surface area contributed by atoms with Gasteiger partial charge in [0.1, 0.15) is 22.1 Å². The molecule has 0 radical (unpaired) electrons. The average molecular weight is 917 g/mol. The Kier molecular flexibility index (Phi) is 13.5. The number of nitrogens with zero attached hydrogens (tertiary/aromatic N) is 4. The first-order valence-corrected chi connectivity index (χ1v) is 23.2. The van der Waals surface area contributed by atoms with E-state index in [-0.39, 0.29) is 30.1 Å². The summed E-state index contributed by atoms with van der Waals surface area (Å²) in [7, 11) is -7.31. The quantitative estimate of drug-likeness (QED) is 0.0347. The van der Waals surface area contributed by atoms with Crippen LogP contribution in [0.4, 0.5) is 39.8 Å². The molecular formula is C47H44N6O10S2. The summed E-state index contributed by atoms with van der Waals surface area (Å²) < 4.78 is 77.4. The van der Waals surface area contributed by atoms with E-state index in [1.165, 1.54) is 6.07 Å². The number of aromatic hydroxyl groups is 1. The lowest BCUT2D eigenvalue weighted by molar-refractivity contribution is 0.102. The highest BCUT2D eigenvalue weighted by molar-refractivity contribution is 7.86. The standard InChI is InChI=1S/C47H44N6O10S2/c1-28-21-32-9-12-37(27-41(32)42(22-28)63-19-5-6-20-64(56,57)58)49-47(55)31-7-10-35(11-8-31)50-52-44-29(2)23-38(24-30(44)3)51-53-45-43(65(59,60)61)26-33-25-36(15-18-40(33)46(45)54)48-34-13-16-39(62-4)17-14-34/h7-18,21-27,48,54H,5-6,19-20H2,1-4H3,(H,49,55)(H,56,57,58)(H,59,60,61). The van der Waals surface area contributed by atoms with Gasteiger partial charge in [0, 0.05) is 33.4 Å². The van der Waals surface area contributed by atoms with Crippen molar-refractivity contribution in [2.45, 2.75) is 38.5 Å². The van der Waals surface area contributed by atoms with E-state index in [4.69, 9.17) is 14.0 Å². The molecule has 18 heteroatoms. The molecule has 7 aromatic carbocycles. The molecule has 7 aromatic rings. The number of hydrogen-bond donors (Lipinski definition) is 5. The molecule has 65 heavy (non-hydrogen) atoms. The van der Waals surface area contributed by atoms with E-state index in [2.05, 4.69) is 31.1 Å². The van der Waals surface area contributed by atoms with Crippen LogP contribution in [0.3, 0.4) is 0 Å². The molecule has 0 heterocycles. The number of nitrogens with one attached hydrogen (secondary N) is 2. The number of aryl methyl sites for hydroxylation is 3. The Bertz CT molecular complexity index is 3210. The summed E-state index contributed by atoms with van der Waals surface area (Å²) in [4.78, 5) is 12.6. The third kappa shape index (κ3) is 11.5. The van der Waals surface area contributed by atoms with Gasteiger partial charge >= 0.3 is 0 Å². The number of amides is 1. The molecule has 0 fully saturated rings. The SMILES string of the molecule is COc1ccc(Nc2ccc3c(O)c(N=Nc4cc(C)c(N=Nc5ccc(C(=O)Nc6ccc7cc(C)cc(OCCCCS(=O)(=O)O)c7c6)cc5)c(C)c4)c(S(=O)(=O)O)cc3c2)cc1. The molecule has 0 atom stereocenters. The molecule has 0 aliphatic heterocycles. The highest BCUT2D eigenvalue weighted by atomic mass is 32.2. The van der Waals surface area contributed by atoms with Gasteiger partial charge in [-0.3, -0.25) is 13.9 Å². The molecule has 0 aliphatic rings. The Morgan fingerprint density at radius 2 is 1.31 bits per heavy atom. The van der Waals surface area contributed by atoms with Gasteiger partial charge in [-0.2, -0.15) is 32.2 Å². The van der Waals surface area contributed by atoms with Crippen molar-refractivity contribution >= 4 is 87.5 Å². The predicted molar refractivity (Wildman–Crippen MR) is 250 cm³/mol. The molecule has 16 nitrogen and oxygen atoms in total. The van der Waals surface area contributed by atoms with Gasteiger partial charge in [-0.15, -0.1) is 5.11 Å². The fraction of sp³-hybridized carbons (Fsp3) is 0.170. The number of carbonyl (C=O) groups excluding carboxylic acids is 1. The summed E-state index contributed by atoms with van der Waals surface area (Å²) in [6.45, 7) is 5.77. The van der Waals surface area contributed by atoms with Gasteiger partial charge in [-0.1, -0.05) is 12.1 Å². The molecule has 0 unspecified atom stereocenters. The molecular weight excluding hydrogens is 873 g/mol. The lowest BCUT2D eigenvalue weighted by Crippen LogP contribution is -2.11. The molecule has 334 valence electrons. The van der Waals surface area contributed by atoms with Gasteiger partial charge in [0.2, 0.25) is 0 Å². The third-order valence-corrected chi connectivity index (χ3v) is 11.9. The Labute approximate surface area is 375 Å². The minimum Gasteiger partial charge on any atom is -0.505 e. The van der Waals surface area contributed by atoms with Crippen molar-refractivity contribution in [1.82, 2.24) is 0 Å². The van der Waals surface area contributed by atoms with E-state index in [9.17, 15) is 31.3 Å². The van der Waals surface area contributed by atoms with Crippen molar-refractivity contribution < 1.29 is 45.3 Å². The molecule has 0 spiro atoms. The Morgan fingerprint density at radius 1 is 0.646 bits per heavy atom. The zero-order chi connectivity index (χ0) is 46.5. The number of fused-ring (bicyclic) bond motifs is 2. The summed E-state index contributed by atoms with van der Waals surface area (Å²) in [6.07, 6.45) is 0.685. The number of hydrogen-bond acceptors (Lipinski definition) is 13. The van der Waals surface area contributed by atoms with E-state index in [0.717, 1.165) is 22.0 Å². The predicted octanol–water partition coefficient (Wildman–Crippen LogP) is 11.8. The first-order valence-electron chi connectivity index (χ1n) is 20.1. The number of rotatable bonds is 16. The number of unbranched alkanes of at least 4 members (excludes halogenated alkanes) is 1. The molecule has 1 amide bonds. The molecule has 0 saturated heterocycles. The van der Waals surface area contributed by atoms with Gasteiger partial charge < -0.3 is 25.2 Å². The first-order chi connectivity index (χ1) is 30.9. The van der Waals surface area contributed by atoms with Crippen LogP contribution >= 0.6 is 0 Å². The molecule has 0 aromatic heterocycles. The second-order valence-corrected chi connectivity index (χ2v) is 18.2. The molecule has 0 saturated carbocycles. The highest BCUT2D eigenvalue weighted by Crippen LogP contribution is 2.43. The molecule has 7 rings (SSSR count). The van der Waals surface area contributed by atoms with Crippen molar-refractivity contribution in [2.24, 2.45) is 20.5 Å². The maximum atomic E-state index is 13.3. The summed E-state index contributed by atoms with van der Waals surface area (Å²) >= 11 is 0. The van der Waals surface area contributed by atoms with Crippen LogP contribution in [0.5, 0.6) is 17.2 Å². The smallest absolute Gasteiger partial charge is 0.296 e. The minimum absolute atomic E-state index is 0.250.